The van der Waals surface area contributed by atoms with Crippen LogP contribution in [0.5, 0.6) is 5.75 Å². The van der Waals surface area contributed by atoms with Gasteiger partial charge in [0.15, 0.2) is 0 Å². The van der Waals surface area contributed by atoms with Gasteiger partial charge in [-0.2, -0.15) is 8.78 Å². The minimum Gasteiger partial charge on any atom is -0.435 e. The fourth-order valence-corrected chi connectivity index (χ4v) is 1.68. The highest BCUT2D eigenvalue weighted by molar-refractivity contribution is 5.65. The van der Waals surface area contributed by atoms with E-state index in [1.54, 1.807) is 13.0 Å². The van der Waals surface area contributed by atoms with E-state index in [0.29, 0.717) is 12.0 Å². The molecule has 1 aromatic carbocycles. The third-order valence-corrected chi connectivity index (χ3v) is 2.41. The number of ether oxygens (including phenoxy) is 1. The Hall–Kier alpha value is -1.45. The van der Waals surface area contributed by atoms with Crippen molar-refractivity contribution in [2.75, 3.05) is 0 Å². The van der Waals surface area contributed by atoms with E-state index in [1.165, 1.54) is 6.07 Å². The van der Waals surface area contributed by atoms with Gasteiger partial charge in [-0.1, -0.05) is 26.0 Å². The summed E-state index contributed by atoms with van der Waals surface area (Å²) in [4.78, 5) is 10.8. The number of aldehydes is 1. The van der Waals surface area contributed by atoms with Crippen molar-refractivity contribution in [3.63, 3.8) is 0 Å². The first-order chi connectivity index (χ1) is 7.60. The van der Waals surface area contributed by atoms with Crippen LogP contribution in [0.2, 0.25) is 0 Å². The Balaban J connectivity index is 3.19. The van der Waals surface area contributed by atoms with E-state index >= 15 is 0 Å². The summed E-state index contributed by atoms with van der Waals surface area (Å²) >= 11 is 0. The van der Waals surface area contributed by atoms with Crippen molar-refractivity contribution in [1.29, 1.82) is 0 Å². The highest BCUT2D eigenvalue weighted by Crippen LogP contribution is 2.30. The van der Waals surface area contributed by atoms with Gasteiger partial charge in [-0.15, -0.1) is 0 Å². The molecule has 4 heteroatoms. The minimum absolute atomic E-state index is 0.0916. The average Bonchev–Trinajstić information content (AvgIpc) is 2.27. The van der Waals surface area contributed by atoms with Gasteiger partial charge >= 0.3 is 6.61 Å². The molecule has 1 unspecified atom stereocenters. The molecular formula is C12H14F2O2. The molecule has 0 saturated heterocycles. The van der Waals surface area contributed by atoms with Crippen LogP contribution < -0.4 is 4.74 Å². The Morgan fingerprint density at radius 3 is 2.62 bits per heavy atom. The molecule has 0 spiro atoms. The van der Waals surface area contributed by atoms with E-state index in [1.807, 2.05) is 13.0 Å². The molecule has 2 nitrogen and oxygen atoms in total. The predicted molar refractivity (Wildman–Crippen MR) is 56.9 cm³/mol. The number of carbonyl (C=O) groups excluding carboxylic acids is 1. The lowest BCUT2D eigenvalue weighted by molar-refractivity contribution is -0.109. The van der Waals surface area contributed by atoms with Gasteiger partial charge in [0.25, 0.3) is 0 Å². The molecule has 1 aromatic rings. The first-order valence-corrected chi connectivity index (χ1v) is 5.12. The van der Waals surface area contributed by atoms with Gasteiger partial charge in [-0.25, -0.2) is 0 Å². The van der Waals surface area contributed by atoms with Crippen LogP contribution in [0.4, 0.5) is 8.78 Å². The maximum Gasteiger partial charge on any atom is 0.387 e. The predicted octanol–water partition coefficient (Wildman–Crippen LogP) is 3.15. The molecule has 16 heavy (non-hydrogen) atoms. The van der Waals surface area contributed by atoms with E-state index in [2.05, 4.69) is 4.74 Å². The molecule has 0 saturated carbocycles. The Labute approximate surface area is 93.2 Å². The van der Waals surface area contributed by atoms with Gasteiger partial charge in [0.05, 0.1) is 0 Å². The second kappa shape index (κ2) is 5.58. The Morgan fingerprint density at radius 1 is 1.44 bits per heavy atom. The summed E-state index contributed by atoms with van der Waals surface area (Å²) in [6, 6.07) is 4.92. The van der Waals surface area contributed by atoms with Crippen LogP contribution in [0.15, 0.2) is 18.2 Å². The molecule has 0 aromatic heterocycles. The molecule has 0 N–H and O–H groups in total. The smallest absolute Gasteiger partial charge is 0.387 e. The zero-order valence-electron chi connectivity index (χ0n) is 9.24. The Bertz CT molecular complexity index is 364. The second-order valence-electron chi connectivity index (χ2n) is 3.49. The number of rotatable bonds is 5. The standard InChI is InChI=1S/C12H14F2O2/c1-3-9-5-4-6-10(16-12(13)14)11(9)8(2)7-15/h4-8,12H,3H2,1-2H3. The molecule has 0 aliphatic heterocycles. The van der Waals surface area contributed by atoms with Gasteiger partial charge in [-0.3, -0.25) is 0 Å². The molecule has 88 valence electrons. The van der Waals surface area contributed by atoms with Crippen molar-refractivity contribution in [2.45, 2.75) is 32.8 Å². The Kier molecular flexibility index (Phi) is 4.40. The van der Waals surface area contributed by atoms with Crippen LogP contribution >= 0.6 is 0 Å². The molecular weight excluding hydrogens is 214 g/mol. The summed E-state index contributed by atoms with van der Waals surface area (Å²) in [5.41, 5.74) is 1.41. The van der Waals surface area contributed by atoms with E-state index in [-0.39, 0.29) is 5.75 Å². The third kappa shape index (κ3) is 2.78. The molecule has 0 aliphatic rings. The van der Waals surface area contributed by atoms with E-state index in [4.69, 9.17) is 0 Å². The Morgan fingerprint density at radius 2 is 2.12 bits per heavy atom. The summed E-state index contributed by atoms with van der Waals surface area (Å²) in [6.45, 7) is 0.701. The zero-order chi connectivity index (χ0) is 12.1. The lowest BCUT2D eigenvalue weighted by Gasteiger charge is -2.16. The fraction of sp³-hybridized carbons (Fsp3) is 0.417. The number of aryl methyl sites for hydroxylation is 1. The van der Waals surface area contributed by atoms with Crippen molar-refractivity contribution in [2.24, 2.45) is 0 Å². The molecule has 0 heterocycles. The van der Waals surface area contributed by atoms with E-state index in [9.17, 15) is 13.6 Å². The summed E-state index contributed by atoms with van der Waals surface area (Å²) in [5.74, 6) is -0.348. The highest BCUT2D eigenvalue weighted by Gasteiger charge is 2.17. The van der Waals surface area contributed by atoms with Crippen LogP contribution in [-0.4, -0.2) is 12.9 Å². The molecule has 0 bridgehead atoms. The monoisotopic (exact) mass is 228 g/mol. The van der Waals surface area contributed by atoms with Gasteiger partial charge in [0.1, 0.15) is 12.0 Å². The molecule has 0 amide bonds. The second-order valence-corrected chi connectivity index (χ2v) is 3.49. The first-order valence-electron chi connectivity index (χ1n) is 5.12. The number of carbonyl (C=O) groups is 1. The van der Waals surface area contributed by atoms with Crippen LogP contribution in [0.25, 0.3) is 0 Å². The van der Waals surface area contributed by atoms with Gasteiger partial charge in [0.2, 0.25) is 0 Å². The van der Waals surface area contributed by atoms with Crippen LogP contribution in [-0.2, 0) is 11.2 Å². The van der Waals surface area contributed by atoms with Crippen molar-refractivity contribution in [3.05, 3.63) is 29.3 Å². The topological polar surface area (TPSA) is 26.3 Å². The molecule has 0 radical (unpaired) electrons. The van der Waals surface area contributed by atoms with Gasteiger partial charge < -0.3 is 9.53 Å². The summed E-state index contributed by atoms with van der Waals surface area (Å²) in [6.07, 6.45) is 1.40. The van der Waals surface area contributed by atoms with Crippen molar-refractivity contribution in [3.8, 4) is 5.75 Å². The van der Waals surface area contributed by atoms with Crippen LogP contribution in [0.3, 0.4) is 0 Å². The number of halogens is 2. The number of alkyl halides is 2. The van der Waals surface area contributed by atoms with Crippen molar-refractivity contribution < 1.29 is 18.3 Å². The summed E-state index contributed by atoms with van der Waals surface area (Å²) in [5, 5.41) is 0. The lowest BCUT2D eigenvalue weighted by Crippen LogP contribution is -2.08. The zero-order valence-corrected chi connectivity index (χ0v) is 9.24. The normalized spacial score (nSPS) is 12.6. The lowest BCUT2D eigenvalue weighted by atomic mass is 9.94. The molecule has 1 rings (SSSR count). The highest BCUT2D eigenvalue weighted by atomic mass is 19.3. The maximum absolute atomic E-state index is 12.2. The van der Waals surface area contributed by atoms with Crippen LogP contribution in [0.1, 0.15) is 30.9 Å². The fourth-order valence-electron chi connectivity index (χ4n) is 1.68. The van der Waals surface area contributed by atoms with Crippen LogP contribution in [0, 0.1) is 0 Å². The SMILES string of the molecule is CCc1cccc(OC(F)F)c1C(C)C=O. The largest absolute Gasteiger partial charge is 0.435 e. The van der Waals surface area contributed by atoms with Gasteiger partial charge in [-0.05, 0) is 18.1 Å². The van der Waals surface area contributed by atoms with Crippen molar-refractivity contribution in [1.82, 2.24) is 0 Å². The van der Waals surface area contributed by atoms with Gasteiger partial charge in [0, 0.05) is 11.5 Å². The first kappa shape index (κ1) is 12.6. The maximum atomic E-state index is 12.2. The molecule has 0 aliphatic carbocycles. The summed E-state index contributed by atoms with van der Waals surface area (Å²) in [7, 11) is 0. The number of hydrogen-bond donors (Lipinski definition) is 0. The average molecular weight is 228 g/mol. The summed E-state index contributed by atoms with van der Waals surface area (Å²) < 4.78 is 28.8. The quantitative estimate of drug-likeness (QED) is 0.723. The number of benzene rings is 1. The number of hydrogen-bond acceptors (Lipinski definition) is 2. The van der Waals surface area contributed by atoms with Crippen molar-refractivity contribution >= 4 is 6.29 Å². The van der Waals surface area contributed by atoms with E-state index < -0.39 is 12.5 Å². The van der Waals surface area contributed by atoms with E-state index in [0.717, 1.165) is 11.8 Å². The minimum atomic E-state index is -2.87. The molecule has 1 atom stereocenters. The third-order valence-electron chi connectivity index (χ3n) is 2.41. The molecule has 0 fully saturated rings.